The maximum atomic E-state index is 13.1. The molecule has 0 N–H and O–H groups in total. The maximum Gasteiger partial charge on any atom is 0.324 e. The van der Waals surface area contributed by atoms with Crippen LogP contribution in [-0.2, 0) is 19.1 Å². The van der Waals surface area contributed by atoms with Crippen LogP contribution in [0, 0.1) is 21.4 Å². The van der Waals surface area contributed by atoms with Crippen LogP contribution in [0.2, 0.25) is 0 Å². The molecule has 28 heavy (non-hydrogen) atoms. The molecule has 2 aromatic carbocycles. The number of Topliss-reactive ketones (excluding diaryl/α,β-unsaturated/α-hetero) is 1. The Hall–Kier alpha value is -3.55. The Balaban J connectivity index is 2.15. The molecule has 0 radical (unpaired) electrons. The number of methoxy groups -OCH3 is 2. The van der Waals surface area contributed by atoms with Crippen LogP contribution in [0.4, 0.5) is 5.69 Å². The van der Waals surface area contributed by atoms with Gasteiger partial charge in [-0.1, -0.05) is 42.5 Å². The van der Waals surface area contributed by atoms with Crippen molar-refractivity contribution in [1.29, 1.82) is 0 Å². The van der Waals surface area contributed by atoms with Gasteiger partial charge in [0.2, 0.25) is 0 Å². The van der Waals surface area contributed by atoms with E-state index in [1.165, 1.54) is 24.3 Å². The molecule has 0 spiro atoms. The molecule has 2 aromatic rings. The van der Waals surface area contributed by atoms with E-state index >= 15 is 0 Å². The predicted molar refractivity (Wildman–Crippen MR) is 96.6 cm³/mol. The minimum absolute atomic E-state index is 0.209. The van der Waals surface area contributed by atoms with Gasteiger partial charge >= 0.3 is 11.9 Å². The van der Waals surface area contributed by atoms with Crippen molar-refractivity contribution in [3.8, 4) is 0 Å². The molecule has 1 aliphatic rings. The van der Waals surface area contributed by atoms with Crippen LogP contribution < -0.4 is 0 Å². The topological polar surface area (TPSA) is 113 Å². The molecule has 0 aliphatic heterocycles. The molecule has 8 heteroatoms. The van der Waals surface area contributed by atoms with Gasteiger partial charge in [-0.3, -0.25) is 24.5 Å². The molecule has 0 heterocycles. The van der Waals surface area contributed by atoms with Gasteiger partial charge in [-0.2, -0.15) is 0 Å². The Morgan fingerprint density at radius 2 is 1.57 bits per heavy atom. The van der Waals surface area contributed by atoms with Gasteiger partial charge in [0.25, 0.3) is 5.69 Å². The fourth-order valence-electron chi connectivity index (χ4n) is 3.74. The van der Waals surface area contributed by atoms with Gasteiger partial charge in [0.1, 0.15) is 0 Å². The number of benzene rings is 2. The lowest BCUT2D eigenvalue weighted by atomic mass is 9.97. The van der Waals surface area contributed by atoms with Crippen molar-refractivity contribution in [3.63, 3.8) is 0 Å². The number of rotatable bonds is 6. The number of non-ortho nitro benzene ring substituents is 1. The summed E-state index contributed by atoms with van der Waals surface area (Å²) in [6, 6.07) is 13.7. The van der Waals surface area contributed by atoms with Gasteiger partial charge < -0.3 is 9.47 Å². The largest absolute Gasteiger partial charge is 0.468 e. The Kier molecular flexibility index (Phi) is 4.96. The minimum Gasteiger partial charge on any atom is -0.468 e. The smallest absolute Gasteiger partial charge is 0.324 e. The van der Waals surface area contributed by atoms with Crippen LogP contribution in [0.1, 0.15) is 21.8 Å². The lowest BCUT2D eigenvalue weighted by Crippen LogP contribution is -2.33. The molecule has 8 nitrogen and oxygen atoms in total. The number of hydrogen-bond acceptors (Lipinski definition) is 7. The van der Waals surface area contributed by atoms with Gasteiger partial charge in [-0.25, -0.2) is 0 Å². The fraction of sp³-hybridized carbons (Fsp3) is 0.250. The van der Waals surface area contributed by atoms with Gasteiger partial charge in [0, 0.05) is 23.6 Å². The first-order valence-electron chi connectivity index (χ1n) is 8.40. The van der Waals surface area contributed by atoms with Crippen molar-refractivity contribution in [3.05, 3.63) is 75.8 Å². The number of hydrogen-bond donors (Lipinski definition) is 0. The monoisotopic (exact) mass is 383 g/mol. The summed E-state index contributed by atoms with van der Waals surface area (Å²) >= 11 is 0. The van der Waals surface area contributed by atoms with Gasteiger partial charge in [0.15, 0.2) is 11.2 Å². The number of nitro benzene ring substituents is 1. The Morgan fingerprint density at radius 3 is 2.11 bits per heavy atom. The van der Waals surface area contributed by atoms with E-state index in [0.717, 1.165) is 14.2 Å². The van der Waals surface area contributed by atoms with Gasteiger partial charge in [-0.05, 0) is 5.56 Å². The number of esters is 2. The highest BCUT2D eigenvalue weighted by molar-refractivity contribution is 6.16. The first kappa shape index (κ1) is 19.2. The zero-order chi connectivity index (χ0) is 20.5. The highest BCUT2D eigenvalue weighted by atomic mass is 16.6. The molecule has 1 fully saturated rings. The second kappa shape index (κ2) is 7.22. The van der Waals surface area contributed by atoms with E-state index in [1.54, 1.807) is 30.3 Å². The average molecular weight is 383 g/mol. The average Bonchev–Trinajstić information content (AvgIpc) is 3.43. The van der Waals surface area contributed by atoms with Crippen LogP contribution in [-0.4, -0.2) is 36.9 Å². The van der Waals surface area contributed by atoms with Crippen LogP contribution in [0.25, 0.3) is 0 Å². The Labute approximate surface area is 160 Å². The number of ketones is 1. The normalized spacial score (nSPS) is 19.4. The van der Waals surface area contributed by atoms with E-state index in [4.69, 9.17) is 9.47 Å². The van der Waals surface area contributed by atoms with E-state index in [-0.39, 0.29) is 5.69 Å². The molecule has 0 aromatic heterocycles. The van der Waals surface area contributed by atoms with Crippen LogP contribution in [0.5, 0.6) is 0 Å². The maximum absolute atomic E-state index is 13.1. The summed E-state index contributed by atoms with van der Waals surface area (Å²) in [6.45, 7) is 0. The standard InChI is InChI=1S/C20H17NO7/c1-27-18(23)20(19(24)28-2)15(13-9-6-10-14(11-13)21(25)26)16(20)17(22)12-7-4-3-5-8-12/h3-11,15-16H,1-2H3/t15-,16+/m0/s1. The summed E-state index contributed by atoms with van der Waals surface area (Å²) in [5, 5.41) is 11.1. The molecule has 0 bridgehead atoms. The van der Waals surface area contributed by atoms with E-state index in [1.807, 2.05) is 0 Å². The van der Waals surface area contributed by atoms with E-state index in [2.05, 4.69) is 0 Å². The first-order valence-corrected chi connectivity index (χ1v) is 8.40. The van der Waals surface area contributed by atoms with Crippen molar-refractivity contribution in [2.75, 3.05) is 14.2 Å². The molecule has 1 saturated carbocycles. The summed E-state index contributed by atoms with van der Waals surface area (Å²) in [7, 11) is 2.22. The molecule has 144 valence electrons. The summed E-state index contributed by atoms with van der Waals surface area (Å²) in [4.78, 5) is 48.9. The molecule has 0 saturated heterocycles. The molecule has 1 aliphatic carbocycles. The van der Waals surface area contributed by atoms with E-state index in [9.17, 15) is 24.5 Å². The van der Waals surface area contributed by atoms with E-state index in [0.29, 0.717) is 11.1 Å². The molecule has 0 unspecified atom stereocenters. The zero-order valence-corrected chi connectivity index (χ0v) is 15.2. The lowest BCUT2D eigenvalue weighted by molar-refractivity contribution is -0.384. The Bertz CT molecular complexity index is 938. The third kappa shape index (κ3) is 2.83. The van der Waals surface area contributed by atoms with Crippen LogP contribution in [0.15, 0.2) is 54.6 Å². The zero-order valence-electron chi connectivity index (χ0n) is 15.2. The predicted octanol–water partition coefficient (Wildman–Crippen LogP) is 2.52. The lowest BCUT2D eigenvalue weighted by Gasteiger charge is -2.13. The van der Waals surface area contributed by atoms with Gasteiger partial charge in [-0.15, -0.1) is 0 Å². The van der Waals surface area contributed by atoms with Crippen molar-refractivity contribution in [1.82, 2.24) is 0 Å². The van der Waals surface area contributed by atoms with Crippen LogP contribution >= 0.6 is 0 Å². The minimum atomic E-state index is -1.88. The molecular formula is C20H17NO7. The molecular weight excluding hydrogens is 366 g/mol. The quantitative estimate of drug-likeness (QED) is 0.248. The second-order valence-electron chi connectivity index (χ2n) is 6.39. The third-order valence-corrected chi connectivity index (χ3v) is 5.03. The number of carbonyl (C=O) groups excluding carboxylic acids is 3. The van der Waals surface area contributed by atoms with Crippen molar-refractivity contribution >= 4 is 23.4 Å². The summed E-state index contributed by atoms with van der Waals surface area (Å²) in [6.07, 6.45) is 0. The van der Waals surface area contributed by atoms with Gasteiger partial charge in [0.05, 0.1) is 25.1 Å². The third-order valence-electron chi connectivity index (χ3n) is 5.03. The number of ether oxygens (including phenoxy) is 2. The molecule has 2 atom stereocenters. The number of nitro groups is 1. The second-order valence-corrected chi connectivity index (χ2v) is 6.39. The molecule has 3 rings (SSSR count). The number of carbonyl (C=O) groups is 3. The van der Waals surface area contributed by atoms with E-state index < -0.39 is 39.9 Å². The van der Waals surface area contributed by atoms with Crippen LogP contribution in [0.3, 0.4) is 0 Å². The van der Waals surface area contributed by atoms with Crippen molar-refractivity contribution in [2.45, 2.75) is 5.92 Å². The fourth-order valence-corrected chi connectivity index (χ4v) is 3.74. The highest BCUT2D eigenvalue weighted by Gasteiger charge is 2.79. The number of nitrogens with zero attached hydrogens (tertiary/aromatic N) is 1. The highest BCUT2D eigenvalue weighted by Crippen LogP contribution is 2.67. The summed E-state index contributed by atoms with van der Waals surface area (Å²) in [5.74, 6) is -4.28. The summed E-state index contributed by atoms with van der Waals surface area (Å²) < 4.78 is 9.64. The molecule has 0 amide bonds. The SMILES string of the molecule is COC(=O)C1(C(=O)OC)[C@@H](C(=O)c2ccccc2)[C@@H]1c1cccc([N+](=O)[O-])c1. The first-order chi connectivity index (χ1) is 13.4. The Morgan fingerprint density at radius 1 is 0.964 bits per heavy atom. The van der Waals surface area contributed by atoms with Crippen molar-refractivity contribution in [2.24, 2.45) is 11.3 Å². The summed E-state index contributed by atoms with van der Waals surface area (Å²) in [5.41, 5.74) is -1.46. The van der Waals surface area contributed by atoms with Crippen molar-refractivity contribution < 1.29 is 28.8 Å².